The Morgan fingerprint density at radius 1 is 0.487 bits per heavy atom. The number of carbonyl (C=O) groups excluding carboxylic acids is 3. The van der Waals surface area contributed by atoms with Crippen LogP contribution in [0.4, 0.5) is 47.3 Å². The highest BCUT2D eigenvalue weighted by Gasteiger charge is 2.72. The van der Waals surface area contributed by atoms with Crippen LogP contribution in [0.5, 0.6) is 23.0 Å². The summed E-state index contributed by atoms with van der Waals surface area (Å²) in [5.74, 6) is -1.75. The molecule has 0 spiro atoms. The topological polar surface area (TPSA) is 121 Å². The fourth-order valence-electron chi connectivity index (χ4n) is 10.6. The van der Waals surface area contributed by atoms with Crippen LogP contribution in [0.3, 0.4) is 0 Å². The second kappa shape index (κ2) is 22.0. The number of fused-ring (bicyclic) bond motifs is 6. The minimum atomic E-state index is -6.14. The molecule has 0 heterocycles. The van der Waals surface area contributed by atoms with Crippen LogP contribution in [-0.2, 0) is 14.9 Å². The Hall–Kier alpha value is -9.05. The molecule has 0 aromatic heterocycles. The van der Waals surface area contributed by atoms with Gasteiger partial charge in [0.2, 0.25) is 5.41 Å². The quantitative estimate of drug-likeness (QED) is 0.0587. The van der Waals surface area contributed by atoms with Gasteiger partial charge in [-0.2, -0.15) is 26.3 Å². The van der Waals surface area contributed by atoms with Gasteiger partial charge in [-0.05, 0) is 142 Å². The molecule has 0 bridgehead atoms. The predicted octanol–water partition coefficient (Wildman–Crippen LogP) is 16.7. The second-order valence-electron chi connectivity index (χ2n) is 20.1. The Morgan fingerprint density at radius 3 is 1.27 bits per heavy atom. The number of ether oxygens (including phenoxy) is 5. The molecule has 0 unspecified atom stereocenters. The van der Waals surface area contributed by atoms with Crippen molar-refractivity contribution < 1.29 is 64.4 Å². The van der Waals surface area contributed by atoms with Crippen LogP contribution in [0.15, 0.2) is 182 Å². The van der Waals surface area contributed by atoms with Crippen molar-refractivity contribution in [3.63, 3.8) is 0 Å². The first-order chi connectivity index (χ1) is 38.3. The molecule has 0 saturated carbocycles. The summed E-state index contributed by atoms with van der Waals surface area (Å²) in [5, 5.41) is 5.21. The number of nitrogens with one attached hydrogen (secondary N) is 2. The molecule has 0 aliphatic heterocycles. The summed E-state index contributed by atoms with van der Waals surface area (Å²) in [4.78, 5) is 41.1. The molecule has 16 heteroatoms. The Morgan fingerprint density at radius 2 is 0.875 bits per heavy atom. The van der Waals surface area contributed by atoms with Crippen molar-refractivity contribution in [2.45, 2.75) is 69.3 Å². The van der Waals surface area contributed by atoms with Crippen molar-refractivity contribution in [2.24, 2.45) is 0 Å². The summed E-state index contributed by atoms with van der Waals surface area (Å²) in [6.07, 6.45) is -14.9. The van der Waals surface area contributed by atoms with Gasteiger partial charge in [0.1, 0.15) is 24.7 Å². The van der Waals surface area contributed by atoms with Crippen LogP contribution >= 0.6 is 0 Å². The Balaban J connectivity index is 0.969. The number of alkyl halides is 6. The van der Waals surface area contributed by atoms with Crippen molar-refractivity contribution in [1.29, 1.82) is 0 Å². The van der Waals surface area contributed by atoms with Crippen LogP contribution in [0.2, 0.25) is 0 Å². The lowest BCUT2D eigenvalue weighted by molar-refractivity contribution is -0.288. The van der Waals surface area contributed by atoms with E-state index in [-0.39, 0.29) is 30.6 Å². The Kier molecular flexibility index (Phi) is 14.9. The maximum Gasteiger partial charge on any atom is 0.513 e. The number of amides is 1. The number of rotatable bonds is 15. The number of hydrogen-bond acceptors (Lipinski definition) is 9. The molecule has 408 valence electrons. The molecule has 0 radical (unpaired) electrons. The summed E-state index contributed by atoms with van der Waals surface area (Å²) in [6, 6.07) is 46.2. The van der Waals surface area contributed by atoms with E-state index >= 15 is 26.3 Å². The van der Waals surface area contributed by atoms with Crippen LogP contribution in [0.25, 0.3) is 22.3 Å². The van der Waals surface area contributed by atoms with Crippen molar-refractivity contribution in [3.8, 4) is 45.3 Å². The first-order valence-corrected chi connectivity index (χ1v) is 25.7. The molecular formula is C64H52F6N2O8. The third-order valence-electron chi connectivity index (χ3n) is 14.3. The van der Waals surface area contributed by atoms with Gasteiger partial charge in [-0.25, -0.2) is 9.59 Å². The van der Waals surface area contributed by atoms with Gasteiger partial charge in [-0.15, -0.1) is 0 Å². The van der Waals surface area contributed by atoms with Crippen LogP contribution < -0.4 is 24.8 Å². The summed E-state index contributed by atoms with van der Waals surface area (Å²) in [6.45, 7) is 6.83. The molecule has 10 rings (SSSR count). The lowest BCUT2D eigenvalue weighted by Crippen LogP contribution is -2.54. The van der Waals surface area contributed by atoms with Crippen LogP contribution in [-0.4, -0.2) is 49.8 Å². The Bertz CT molecular complexity index is 3510. The third kappa shape index (κ3) is 10.6. The van der Waals surface area contributed by atoms with Crippen molar-refractivity contribution in [2.75, 3.05) is 23.8 Å². The van der Waals surface area contributed by atoms with Gasteiger partial charge in [0.05, 0.1) is 11.4 Å². The average Bonchev–Trinajstić information content (AvgIpc) is 3.97. The molecule has 10 nitrogen and oxygen atoms in total. The highest BCUT2D eigenvalue weighted by atomic mass is 19.4. The Labute approximate surface area is 457 Å². The zero-order valence-corrected chi connectivity index (χ0v) is 43.6. The fourth-order valence-corrected chi connectivity index (χ4v) is 10.6. The second-order valence-corrected chi connectivity index (χ2v) is 20.1. The zero-order valence-electron chi connectivity index (χ0n) is 43.6. The molecule has 1 amide bonds. The monoisotopic (exact) mass is 1090 g/mol. The molecule has 8 aromatic carbocycles. The average molecular weight is 1090 g/mol. The smallest absolute Gasteiger partial charge is 0.457 e. The van der Waals surface area contributed by atoms with E-state index in [0.717, 1.165) is 62.2 Å². The highest BCUT2D eigenvalue weighted by Crippen LogP contribution is 2.58. The van der Waals surface area contributed by atoms with E-state index in [4.69, 9.17) is 23.7 Å². The largest absolute Gasteiger partial charge is 0.513 e. The van der Waals surface area contributed by atoms with Crippen molar-refractivity contribution >= 4 is 29.6 Å². The number of anilines is 2. The van der Waals surface area contributed by atoms with E-state index in [2.05, 4.69) is 10.6 Å². The first kappa shape index (κ1) is 54.3. The van der Waals surface area contributed by atoms with Gasteiger partial charge in [-0.3, -0.25) is 4.79 Å². The summed E-state index contributed by atoms with van der Waals surface area (Å²) >= 11 is 0. The van der Waals surface area contributed by atoms with Crippen LogP contribution in [0, 0.1) is 0 Å². The number of carbonyl (C=O) groups is 3. The molecular weight excluding hydrogens is 1040 g/mol. The maximum atomic E-state index is 16.0. The van der Waals surface area contributed by atoms with Gasteiger partial charge >= 0.3 is 24.7 Å². The van der Waals surface area contributed by atoms with E-state index in [1.54, 1.807) is 26.0 Å². The molecule has 80 heavy (non-hydrogen) atoms. The molecule has 2 aliphatic rings. The minimum absolute atomic E-state index is 0.0840. The van der Waals surface area contributed by atoms with E-state index in [0.29, 0.717) is 35.8 Å². The summed E-state index contributed by atoms with van der Waals surface area (Å²) < 4.78 is 124. The molecule has 2 aliphatic carbocycles. The first-order valence-electron chi connectivity index (χ1n) is 25.7. The SMILES string of the molecule is CC(C)Nc1cc(C(c2ccc(OC(=O)OCC3c4ccccc4-c4ccccc43)c(NC(=O)c3ccc(Oc4ccc(C(C)C)cc4)cc3)c2)(C(F)(F)F)C(F)(F)F)ccc1OC(=O)OCC1c2ccccc2-c2ccccc21. The van der Waals surface area contributed by atoms with Gasteiger partial charge in [0, 0.05) is 23.4 Å². The zero-order chi connectivity index (χ0) is 56.5. The van der Waals surface area contributed by atoms with Gasteiger partial charge in [-0.1, -0.05) is 135 Å². The van der Waals surface area contributed by atoms with E-state index in [1.807, 2.05) is 123 Å². The van der Waals surface area contributed by atoms with Crippen LogP contribution in [0.1, 0.15) is 94.8 Å². The lowest BCUT2D eigenvalue weighted by Gasteiger charge is -2.39. The number of hydrogen-bond donors (Lipinski definition) is 2. The number of benzene rings is 8. The minimum Gasteiger partial charge on any atom is -0.457 e. The van der Waals surface area contributed by atoms with Gasteiger partial charge < -0.3 is 34.3 Å². The molecule has 0 saturated heterocycles. The summed E-state index contributed by atoms with van der Waals surface area (Å²) in [5.41, 5.74) is -0.448. The predicted molar refractivity (Wildman–Crippen MR) is 291 cm³/mol. The van der Waals surface area contributed by atoms with Gasteiger partial charge in [0.15, 0.2) is 11.5 Å². The van der Waals surface area contributed by atoms with E-state index < -0.39 is 81.9 Å². The van der Waals surface area contributed by atoms with Gasteiger partial charge in [0.25, 0.3) is 5.91 Å². The fraction of sp³-hybridized carbons (Fsp3) is 0.203. The molecule has 8 aromatic rings. The standard InChI is InChI=1S/C64H52F6N2O8/c1-37(2)39-21-27-43(28-22-39)78-44-29-23-40(24-30-44)59(73)72-56-34-42(26-32-58(56)80-61(75)77-36-54-51-19-11-7-15-47(51)48-16-8-12-20-52(48)54)62(63(65,66)67,64(68,69)70)41-25-31-57(55(33-41)71-38(3)4)79-60(74)76-35-53-49-17-9-5-13-45(49)46-14-6-10-18-50(46)53/h5-34,37-38,53-54,71H,35-36H2,1-4H3,(H,72,73). The third-order valence-corrected chi connectivity index (χ3v) is 14.3. The molecule has 2 N–H and O–H groups in total. The maximum absolute atomic E-state index is 16.0. The lowest BCUT2D eigenvalue weighted by atomic mass is 9.72. The summed E-state index contributed by atoms with van der Waals surface area (Å²) in [7, 11) is 0. The molecule has 0 fully saturated rings. The van der Waals surface area contributed by atoms with E-state index in [1.165, 1.54) is 24.3 Å². The normalized spacial score (nSPS) is 13.0. The molecule has 0 atom stereocenters. The highest BCUT2D eigenvalue weighted by molar-refractivity contribution is 6.05. The number of halogens is 6. The van der Waals surface area contributed by atoms with Crippen molar-refractivity contribution in [1.82, 2.24) is 0 Å². The van der Waals surface area contributed by atoms with Crippen molar-refractivity contribution in [3.05, 3.63) is 226 Å². The van der Waals surface area contributed by atoms with E-state index in [9.17, 15) is 14.4 Å².